The second-order valence-electron chi connectivity index (χ2n) is 5.71. The molecule has 3 atom stereocenters. The van der Waals surface area contributed by atoms with Gasteiger partial charge in [-0.05, 0) is 62.9 Å². The van der Waals surface area contributed by atoms with E-state index in [1.54, 1.807) is 0 Å². The highest BCUT2D eigenvalue weighted by atomic mass is 19.4. The summed E-state index contributed by atoms with van der Waals surface area (Å²) in [6, 6.07) is 0. The molecular weight excluding hydrogens is 227 g/mol. The lowest BCUT2D eigenvalue weighted by atomic mass is 9.89. The number of hydrogen-bond donors (Lipinski definition) is 1. The number of alkyl halides is 3. The molecule has 0 aromatic carbocycles. The van der Waals surface area contributed by atoms with Gasteiger partial charge in [0.15, 0.2) is 0 Å². The van der Waals surface area contributed by atoms with E-state index in [1.165, 1.54) is 25.7 Å². The Morgan fingerprint density at radius 1 is 1.06 bits per heavy atom. The second kappa shape index (κ2) is 5.59. The number of rotatable bonds is 6. The summed E-state index contributed by atoms with van der Waals surface area (Å²) in [5.41, 5.74) is 0. The molecule has 2 fully saturated rings. The first kappa shape index (κ1) is 13.2. The van der Waals surface area contributed by atoms with Gasteiger partial charge in [0, 0.05) is 6.42 Å². The van der Waals surface area contributed by atoms with Crippen molar-refractivity contribution >= 4 is 0 Å². The van der Waals surface area contributed by atoms with E-state index in [0.717, 1.165) is 30.8 Å². The minimum Gasteiger partial charge on any atom is -0.316 e. The molecule has 0 spiro atoms. The third-order valence-electron chi connectivity index (χ3n) is 4.35. The maximum atomic E-state index is 11.9. The molecule has 2 saturated carbocycles. The fraction of sp³-hybridized carbons (Fsp3) is 1.00. The van der Waals surface area contributed by atoms with Gasteiger partial charge in [-0.3, -0.25) is 0 Å². The molecule has 0 aromatic rings. The molecule has 1 N–H and O–H groups in total. The van der Waals surface area contributed by atoms with Crippen molar-refractivity contribution in [1.82, 2.24) is 5.32 Å². The fourth-order valence-corrected chi connectivity index (χ4v) is 3.49. The van der Waals surface area contributed by atoms with Gasteiger partial charge in [0.05, 0.1) is 0 Å². The van der Waals surface area contributed by atoms with Crippen molar-refractivity contribution in [3.05, 3.63) is 0 Å². The maximum absolute atomic E-state index is 11.9. The molecule has 3 unspecified atom stereocenters. The van der Waals surface area contributed by atoms with E-state index in [0.29, 0.717) is 6.42 Å². The molecule has 2 rings (SSSR count). The minimum absolute atomic E-state index is 0.257. The fourth-order valence-electron chi connectivity index (χ4n) is 3.49. The lowest BCUT2D eigenvalue weighted by Crippen LogP contribution is -2.27. The van der Waals surface area contributed by atoms with Gasteiger partial charge in [0.25, 0.3) is 0 Å². The highest BCUT2D eigenvalue weighted by Crippen LogP contribution is 2.47. The van der Waals surface area contributed by atoms with E-state index >= 15 is 0 Å². The van der Waals surface area contributed by atoms with Gasteiger partial charge in [-0.2, -0.15) is 13.2 Å². The van der Waals surface area contributed by atoms with Gasteiger partial charge in [0.2, 0.25) is 0 Å². The first-order chi connectivity index (χ1) is 8.04. The van der Waals surface area contributed by atoms with Crippen molar-refractivity contribution < 1.29 is 13.2 Å². The molecule has 2 aliphatic rings. The third kappa shape index (κ3) is 4.16. The van der Waals surface area contributed by atoms with Gasteiger partial charge < -0.3 is 5.32 Å². The van der Waals surface area contributed by atoms with Crippen LogP contribution in [0, 0.1) is 17.8 Å². The summed E-state index contributed by atoms with van der Waals surface area (Å²) in [6.07, 6.45) is 1.82. The van der Waals surface area contributed by atoms with Crippen LogP contribution in [0.5, 0.6) is 0 Å². The van der Waals surface area contributed by atoms with Crippen molar-refractivity contribution in [2.75, 3.05) is 13.1 Å². The second-order valence-corrected chi connectivity index (χ2v) is 5.71. The molecule has 2 aliphatic carbocycles. The van der Waals surface area contributed by atoms with Crippen molar-refractivity contribution in [3.8, 4) is 0 Å². The van der Waals surface area contributed by atoms with Gasteiger partial charge in [-0.1, -0.05) is 6.42 Å². The molecular formula is C13H22F3N. The van der Waals surface area contributed by atoms with Gasteiger partial charge in [-0.15, -0.1) is 0 Å². The van der Waals surface area contributed by atoms with Crippen molar-refractivity contribution in [1.29, 1.82) is 0 Å². The Labute approximate surface area is 101 Å². The van der Waals surface area contributed by atoms with Crippen molar-refractivity contribution in [3.63, 3.8) is 0 Å². The molecule has 0 amide bonds. The van der Waals surface area contributed by atoms with Gasteiger partial charge in [0.1, 0.15) is 0 Å². The van der Waals surface area contributed by atoms with Crippen LogP contribution in [0.25, 0.3) is 0 Å². The zero-order valence-electron chi connectivity index (χ0n) is 10.2. The van der Waals surface area contributed by atoms with Crippen molar-refractivity contribution in [2.24, 2.45) is 17.8 Å². The molecule has 0 aromatic heterocycles. The SMILES string of the molecule is FC(F)(F)CCCCNCC1CC2CCC1C2. The van der Waals surface area contributed by atoms with E-state index in [1.807, 2.05) is 0 Å². The highest BCUT2D eigenvalue weighted by molar-refractivity contribution is 4.90. The molecule has 0 saturated heterocycles. The number of hydrogen-bond acceptors (Lipinski definition) is 1. The van der Waals surface area contributed by atoms with Crippen LogP contribution >= 0.6 is 0 Å². The standard InChI is InChI=1S/C13H22F3N/c14-13(15,16)5-1-2-6-17-9-12-8-10-3-4-11(12)7-10/h10-12,17H,1-9H2. The summed E-state index contributed by atoms with van der Waals surface area (Å²) in [4.78, 5) is 0. The highest BCUT2D eigenvalue weighted by Gasteiger charge is 2.38. The number of nitrogens with one attached hydrogen (secondary N) is 1. The number of unbranched alkanes of at least 4 members (excludes halogenated alkanes) is 1. The van der Waals surface area contributed by atoms with Crippen LogP contribution < -0.4 is 5.32 Å². The van der Waals surface area contributed by atoms with Crippen LogP contribution in [0.1, 0.15) is 44.9 Å². The smallest absolute Gasteiger partial charge is 0.316 e. The Balaban J connectivity index is 1.47. The molecule has 1 nitrogen and oxygen atoms in total. The Morgan fingerprint density at radius 2 is 1.88 bits per heavy atom. The molecule has 0 heterocycles. The molecule has 17 heavy (non-hydrogen) atoms. The molecule has 100 valence electrons. The summed E-state index contributed by atoms with van der Waals surface area (Å²) in [5, 5.41) is 3.33. The molecule has 4 heteroatoms. The molecule has 0 aliphatic heterocycles. The minimum atomic E-state index is -3.98. The summed E-state index contributed by atoms with van der Waals surface area (Å²) in [6.45, 7) is 1.76. The predicted molar refractivity (Wildman–Crippen MR) is 61.7 cm³/mol. The largest absolute Gasteiger partial charge is 0.389 e. The average Bonchev–Trinajstić information content (AvgIpc) is 2.83. The lowest BCUT2D eigenvalue weighted by molar-refractivity contribution is -0.135. The lowest BCUT2D eigenvalue weighted by Gasteiger charge is -2.21. The number of fused-ring (bicyclic) bond motifs is 2. The Hall–Kier alpha value is -0.250. The summed E-state index contributed by atoms with van der Waals surface area (Å²) in [5.74, 6) is 2.66. The van der Waals surface area contributed by atoms with E-state index in [-0.39, 0.29) is 6.42 Å². The van der Waals surface area contributed by atoms with Crippen LogP contribution in [0.15, 0.2) is 0 Å². The normalized spacial score (nSPS) is 32.3. The monoisotopic (exact) mass is 249 g/mol. The van der Waals surface area contributed by atoms with Crippen LogP contribution in [0.4, 0.5) is 13.2 Å². The van der Waals surface area contributed by atoms with Crippen molar-refractivity contribution in [2.45, 2.75) is 51.1 Å². The van der Waals surface area contributed by atoms with Gasteiger partial charge in [-0.25, -0.2) is 0 Å². The summed E-state index contributed by atoms with van der Waals surface area (Å²) in [7, 11) is 0. The van der Waals surface area contributed by atoms with Crippen LogP contribution in [-0.4, -0.2) is 19.3 Å². The van der Waals surface area contributed by atoms with E-state index < -0.39 is 12.6 Å². The summed E-state index contributed by atoms with van der Waals surface area (Å²) < 4.78 is 35.7. The Bertz CT molecular complexity index is 239. The first-order valence-electron chi connectivity index (χ1n) is 6.82. The Morgan fingerprint density at radius 3 is 2.47 bits per heavy atom. The third-order valence-corrected chi connectivity index (χ3v) is 4.35. The quantitative estimate of drug-likeness (QED) is 0.707. The van der Waals surface area contributed by atoms with E-state index in [4.69, 9.17) is 0 Å². The summed E-state index contributed by atoms with van der Waals surface area (Å²) >= 11 is 0. The maximum Gasteiger partial charge on any atom is 0.389 e. The first-order valence-corrected chi connectivity index (χ1v) is 6.82. The Kier molecular flexibility index (Phi) is 4.34. The van der Waals surface area contributed by atoms with Crippen LogP contribution in [-0.2, 0) is 0 Å². The van der Waals surface area contributed by atoms with E-state index in [2.05, 4.69) is 5.32 Å². The van der Waals surface area contributed by atoms with Crippen LogP contribution in [0.3, 0.4) is 0 Å². The molecule has 2 bridgehead atoms. The van der Waals surface area contributed by atoms with E-state index in [9.17, 15) is 13.2 Å². The average molecular weight is 249 g/mol. The zero-order valence-corrected chi connectivity index (χ0v) is 10.2. The van der Waals surface area contributed by atoms with Crippen LogP contribution in [0.2, 0.25) is 0 Å². The topological polar surface area (TPSA) is 12.0 Å². The predicted octanol–water partition coefficient (Wildman–Crippen LogP) is 3.74. The molecule has 0 radical (unpaired) electrons. The zero-order chi connectivity index (χ0) is 12.3. The van der Waals surface area contributed by atoms with Gasteiger partial charge >= 0.3 is 6.18 Å². The number of halogens is 3.